The Labute approximate surface area is 165 Å². The zero-order chi connectivity index (χ0) is 20.5. The molecule has 7 heteroatoms. The van der Waals surface area contributed by atoms with Gasteiger partial charge in [0, 0.05) is 6.04 Å². The predicted molar refractivity (Wildman–Crippen MR) is 106 cm³/mol. The molecule has 1 atom stereocenters. The standard InChI is InChI=1S/C21H25NO5S/c1-13-10-17(26-3)11-14(2)20(13)28(24,25)22-19-7-5-6-15-8-9-16(12-18(15)19)21(23)27-4/h8-12,19,22H,5-7H2,1-4H3/t19-/m0/s1. The lowest BCUT2D eigenvalue weighted by atomic mass is 9.87. The van der Waals surface area contributed by atoms with E-state index in [1.165, 1.54) is 7.11 Å². The van der Waals surface area contributed by atoms with E-state index in [0.29, 0.717) is 28.9 Å². The van der Waals surface area contributed by atoms with Gasteiger partial charge in [0.2, 0.25) is 10.0 Å². The van der Waals surface area contributed by atoms with Gasteiger partial charge >= 0.3 is 5.97 Å². The lowest BCUT2D eigenvalue weighted by Gasteiger charge is -2.27. The van der Waals surface area contributed by atoms with Crippen LogP contribution in [0.5, 0.6) is 5.75 Å². The van der Waals surface area contributed by atoms with Crippen LogP contribution in [0, 0.1) is 13.8 Å². The second-order valence-corrected chi connectivity index (χ2v) is 8.71. The quantitative estimate of drug-likeness (QED) is 0.773. The SMILES string of the molecule is COC(=O)c1ccc2c(c1)[C@@H](NS(=O)(=O)c1c(C)cc(OC)cc1C)CCC2. The molecule has 0 amide bonds. The molecule has 6 nitrogen and oxygen atoms in total. The molecule has 0 saturated carbocycles. The summed E-state index contributed by atoms with van der Waals surface area (Å²) in [5.74, 6) is 0.191. The van der Waals surface area contributed by atoms with Crippen molar-refractivity contribution in [2.45, 2.75) is 44.0 Å². The number of aryl methyl sites for hydroxylation is 3. The maximum atomic E-state index is 13.2. The van der Waals surface area contributed by atoms with Crippen molar-refractivity contribution < 1.29 is 22.7 Å². The molecule has 0 saturated heterocycles. The molecule has 3 rings (SSSR count). The molecular weight excluding hydrogens is 378 g/mol. The van der Waals surface area contributed by atoms with Crippen LogP contribution in [0.15, 0.2) is 35.2 Å². The van der Waals surface area contributed by atoms with E-state index >= 15 is 0 Å². The first kappa shape index (κ1) is 20.4. The Hall–Kier alpha value is -2.38. The van der Waals surface area contributed by atoms with Crippen LogP contribution in [0.2, 0.25) is 0 Å². The maximum absolute atomic E-state index is 13.2. The van der Waals surface area contributed by atoms with Crippen LogP contribution < -0.4 is 9.46 Å². The summed E-state index contributed by atoms with van der Waals surface area (Å²) in [5, 5.41) is 0. The smallest absolute Gasteiger partial charge is 0.337 e. The van der Waals surface area contributed by atoms with Crippen molar-refractivity contribution in [3.05, 3.63) is 58.1 Å². The van der Waals surface area contributed by atoms with Crippen molar-refractivity contribution in [2.24, 2.45) is 0 Å². The summed E-state index contributed by atoms with van der Waals surface area (Å²) < 4.78 is 39.2. The van der Waals surface area contributed by atoms with Crippen LogP contribution in [-0.4, -0.2) is 28.6 Å². The highest BCUT2D eigenvalue weighted by atomic mass is 32.2. The Morgan fingerprint density at radius 1 is 1.11 bits per heavy atom. The minimum atomic E-state index is -3.75. The number of fused-ring (bicyclic) bond motifs is 1. The normalized spacial score (nSPS) is 16.4. The summed E-state index contributed by atoms with van der Waals surface area (Å²) in [5.41, 5.74) is 3.56. The van der Waals surface area contributed by atoms with Gasteiger partial charge in [0.25, 0.3) is 0 Å². The van der Waals surface area contributed by atoms with Gasteiger partial charge in [0.05, 0.1) is 24.7 Å². The molecule has 0 aliphatic heterocycles. The molecule has 150 valence electrons. The van der Waals surface area contributed by atoms with Gasteiger partial charge in [-0.2, -0.15) is 0 Å². The van der Waals surface area contributed by atoms with Crippen LogP contribution in [0.1, 0.15) is 51.5 Å². The maximum Gasteiger partial charge on any atom is 0.337 e. The fourth-order valence-corrected chi connectivity index (χ4v) is 5.57. The molecule has 1 N–H and O–H groups in total. The number of esters is 1. The van der Waals surface area contributed by atoms with E-state index in [0.717, 1.165) is 24.0 Å². The molecule has 0 fully saturated rings. The minimum absolute atomic E-state index is 0.268. The van der Waals surface area contributed by atoms with Gasteiger partial charge < -0.3 is 9.47 Å². The van der Waals surface area contributed by atoms with Crippen molar-refractivity contribution in [3.8, 4) is 5.75 Å². The van der Waals surface area contributed by atoms with Crippen molar-refractivity contribution >= 4 is 16.0 Å². The second kappa shape index (κ2) is 7.93. The number of nitrogens with one attached hydrogen (secondary N) is 1. The largest absolute Gasteiger partial charge is 0.497 e. The number of carbonyl (C=O) groups excluding carboxylic acids is 1. The fraction of sp³-hybridized carbons (Fsp3) is 0.381. The van der Waals surface area contributed by atoms with E-state index in [2.05, 4.69) is 4.72 Å². The Bertz CT molecular complexity index is 990. The van der Waals surface area contributed by atoms with E-state index in [-0.39, 0.29) is 10.9 Å². The number of sulfonamides is 1. The molecule has 2 aromatic carbocycles. The van der Waals surface area contributed by atoms with Gasteiger partial charge in [0.15, 0.2) is 0 Å². The Morgan fingerprint density at radius 2 is 1.79 bits per heavy atom. The Balaban J connectivity index is 1.98. The van der Waals surface area contributed by atoms with Gasteiger partial charge in [-0.05, 0) is 79.6 Å². The first-order chi connectivity index (χ1) is 13.3. The van der Waals surface area contributed by atoms with E-state index in [1.807, 2.05) is 6.07 Å². The second-order valence-electron chi connectivity index (χ2n) is 7.06. The molecule has 28 heavy (non-hydrogen) atoms. The summed E-state index contributed by atoms with van der Waals surface area (Å²) in [4.78, 5) is 12.2. The highest BCUT2D eigenvalue weighted by Gasteiger charge is 2.28. The van der Waals surface area contributed by atoms with Gasteiger partial charge in [-0.1, -0.05) is 6.07 Å². The molecular formula is C21H25NO5S. The van der Waals surface area contributed by atoms with Crippen molar-refractivity contribution in [3.63, 3.8) is 0 Å². The molecule has 0 aromatic heterocycles. The summed E-state index contributed by atoms with van der Waals surface area (Å²) in [6.07, 6.45) is 2.40. The molecule has 0 bridgehead atoms. The number of hydrogen-bond acceptors (Lipinski definition) is 5. The van der Waals surface area contributed by atoms with Gasteiger partial charge in [0.1, 0.15) is 5.75 Å². The summed E-state index contributed by atoms with van der Waals surface area (Å²) in [6, 6.07) is 8.38. The summed E-state index contributed by atoms with van der Waals surface area (Å²) >= 11 is 0. The topological polar surface area (TPSA) is 81.7 Å². The first-order valence-corrected chi connectivity index (χ1v) is 10.6. The van der Waals surface area contributed by atoms with Gasteiger partial charge in [-0.3, -0.25) is 0 Å². The number of carbonyl (C=O) groups is 1. The average Bonchev–Trinajstić information content (AvgIpc) is 2.66. The van der Waals surface area contributed by atoms with Gasteiger partial charge in [-0.25, -0.2) is 17.9 Å². The summed E-state index contributed by atoms with van der Waals surface area (Å²) in [6.45, 7) is 3.52. The van der Waals surface area contributed by atoms with Crippen LogP contribution in [0.3, 0.4) is 0 Å². The predicted octanol–water partition coefficient (Wildman–Crippen LogP) is 3.45. The van der Waals surface area contributed by atoms with Crippen LogP contribution >= 0.6 is 0 Å². The third-order valence-electron chi connectivity index (χ3n) is 5.12. The number of methoxy groups -OCH3 is 2. The highest BCUT2D eigenvalue weighted by molar-refractivity contribution is 7.89. The molecule has 0 unspecified atom stereocenters. The van der Waals surface area contributed by atoms with E-state index < -0.39 is 16.0 Å². The van der Waals surface area contributed by atoms with Crippen molar-refractivity contribution in [1.82, 2.24) is 4.72 Å². The average molecular weight is 404 g/mol. The van der Waals surface area contributed by atoms with Gasteiger partial charge in [-0.15, -0.1) is 0 Å². The van der Waals surface area contributed by atoms with Crippen molar-refractivity contribution in [1.29, 1.82) is 0 Å². The summed E-state index contributed by atoms with van der Waals surface area (Å²) in [7, 11) is -0.865. The van der Waals surface area contributed by atoms with Crippen LogP contribution in [-0.2, 0) is 21.2 Å². The highest BCUT2D eigenvalue weighted by Crippen LogP contribution is 2.33. The number of hydrogen-bond donors (Lipinski definition) is 1. The van der Waals surface area contributed by atoms with E-state index in [1.54, 1.807) is 45.2 Å². The number of rotatable bonds is 5. The lowest BCUT2D eigenvalue weighted by Crippen LogP contribution is -2.32. The zero-order valence-electron chi connectivity index (χ0n) is 16.5. The fourth-order valence-electron chi connectivity index (χ4n) is 3.86. The molecule has 0 heterocycles. The van der Waals surface area contributed by atoms with E-state index in [4.69, 9.17) is 9.47 Å². The van der Waals surface area contributed by atoms with Crippen LogP contribution in [0.4, 0.5) is 0 Å². The monoisotopic (exact) mass is 403 g/mol. The third kappa shape index (κ3) is 3.91. The minimum Gasteiger partial charge on any atom is -0.497 e. The Kier molecular flexibility index (Phi) is 5.76. The number of ether oxygens (including phenoxy) is 2. The third-order valence-corrected chi connectivity index (χ3v) is 6.89. The molecule has 1 aliphatic rings. The molecule has 2 aromatic rings. The van der Waals surface area contributed by atoms with Crippen LogP contribution in [0.25, 0.3) is 0 Å². The zero-order valence-corrected chi connectivity index (χ0v) is 17.4. The lowest BCUT2D eigenvalue weighted by molar-refractivity contribution is 0.0600. The molecule has 1 aliphatic carbocycles. The number of benzene rings is 2. The Morgan fingerprint density at radius 3 is 2.39 bits per heavy atom. The van der Waals surface area contributed by atoms with E-state index in [9.17, 15) is 13.2 Å². The van der Waals surface area contributed by atoms with Crippen molar-refractivity contribution in [2.75, 3.05) is 14.2 Å². The molecule has 0 radical (unpaired) electrons. The molecule has 0 spiro atoms. The first-order valence-electron chi connectivity index (χ1n) is 9.15.